The summed E-state index contributed by atoms with van der Waals surface area (Å²) in [7, 11) is 1.79. The Morgan fingerprint density at radius 1 is 1.23 bits per heavy atom. The molecule has 2 aromatic heterocycles. The number of likely N-dealkylation sites (N-methyl/N-ethyl adjacent to an activating group) is 1. The molecule has 30 heavy (non-hydrogen) atoms. The van der Waals surface area contributed by atoms with Crippen LogP contribution in [0.4, 0.5) is 5.69 Å². The Bertz CT molecular complexity index is 1100. The monoisotopic (exact) mass is 469 g/mol. The van der Waals surface area contributed by atoms with E-state index in [0.29, 0.717) is 0 Å². The number of fused-ring (bicyclic) bond motifs is 2. The van der Waals surface area contributed by atoms with Gasteiger partial charge in [-0.25, -0.2) is 4.98 Å². The van der Waals surface area contributed by atoms with E-state index in [1.165, 1.54) is 0 Å². The first-order valence-corrected chi connectivity index (χ1v) is 11.0. The lowest BCUT2D eigenvalue weighted by atomic mass is 10.1. The Morgan fingerprint density at radius 2 is 2.13 bits per heavy atom. The fourth-order valence-electron chi connectivity index (χ4n) is 4.16. The van der Waals surface area contributed by atoms with Gasteiger partial charge in [-0.05, 0) is 65.8 Å². The smallest absolute Gasteiger partial charge is 0.264 e. The number of aromatic nitrogens is 2. The second kappa shape index (κ2) is 8.02. The number of ether oxygens (including phenoxy) is 1. The van der Waals surface area contributed by atoms with Gasteiger partial charge in [-0.3, -0.25) is 9.69 Å². The molecule has 0 radical (unpaired) electrons. The zero-order chi connectivity index (χ0) is 20.7. The van der Waals surface area contributed by atoms with Crippen molar-refractivity contribution >= 4 is 33.2 Å². The predicted octanol–water partition coefficient (Wildman–Crippen LogP) is 2.91. The van der Waals surface area contributed by atoms with E-state index in [1.807, 2.05) is 30.3 Å². The second-order valence-corrected chi connectivity index (χ2v) is 8.61. The highest BCUT2D eigenvalue weighted by atomic mass is 79.9. The maximum absolute atomic E-state index is 12.1. The van der Waals surface area contributed by atoms with Crippen LogP contribution in [0.15, 0.2) is 41.0 Å². The summed E-state index contributed by atoms with van der Waals surface area (Å²) in [5.74, 6) is 0.681. The second-order valence-electron chi connectivity index (χ2n) is 7.76. The normalized spacial score (nSPS) is 17.7. The van der Waals surface area contributed by atoms with Crippen LogP contribution in [0.3, 0.4) is 0 Å². The van der Waals surface area contributed by atoms with Gasteiger partial charge in [0.05, 0.1) is 21.5 Å². The van der Waals surface area contributed by atoms with Crippen molar-refractivity contribution in [3.8, 4) is 17.0 Å². The molecule has 3 aromatic rings. The van der Waals surface area contributed by atoms with Crippen molar-refractivity contribution in [1.82, 2.24) is 19.6 Å². The van der Waals surface area contributed by atoms with Crippen LogP contribution in [0.5, 0.6) is 5.75 Å². The average Bonchev–Trinajstić information content (AvgIpc) is 2.93. The number of pyridine rings is 1. The molecular formula is C22H24BrN5O2. The number of hydrogen-bond donors (Lipinski definition) is 1. The van der Waals surface area contributed by atoms with Crippen LogP contribution >= 0.6 is 15.9 Å². The molecule has 0 bridgehead atoms. The standard InChI is InChI=1S/C22H24BrN5O2/c1-26-17-12-15(5-6-19(17)30-14-20(26)29)21-18(13-27-9-3-7-24-8-11-27)28-10-2-4-16(23)22(28)25-21/h2,4-6,10,12,24H,3,7-9,11,13-14H2,1H3. The minimum absolute atomic E-state index is 0.0466. The van der Waals surface area contributed by atoms with Gasteiger partial charge in [-0.2, -0.15) is 0 Å². The van der Waals surface area contributed by atoms with Crippen LogP contribution in [0.25, 0.3) is 16.9 Å². The number of nitrogens with zero attached hydrogens (tertiary/aromatic N) is 4. The highest BCUT2D eigenvalue weighted by molar-refractivity contribution is 9.10. The van der Waals surface area contributed by atoms with E-state index in [4.69, 9.17) is 9.72 Å². The lowest BCUT2D eigenvalue weighted by Crippen LogP contribution is -2.35. The molecule has 5 rings (SSSR count). The third-order valence-electron chi connectivity index (χ3n) is 5.83. The van der Waals surface area contributed by atoms with Gasteiger partial charge in [0.25, 0.3) is 5.91 Å². The van der Waals surface area contributed by atoms with E-state index in [2.05, 4.69) is 36.7 Å². The Hall–Kier alpha value is -2.42. The van der Waals surface area contributed by atoms with Crippen molar-refractivity contribution in [2.24, 2.45) is 0 Å². The number of carbonyl (C=O) groups is 1. The number of halogens is 1. The quantitative estimate of drug-likeness (QED) is 0.638. The average molecular weight is 470 g/mol. The summed E-state index contributed by atoms with van der Waals surface area (Å²) in [5.41, 5.74) is 4.75. The molecule has 0 spiro atoms. The van der Waals surface area contributed by atoms with Crippen LogP contribution in [0, 0.1) is 0 Å². The number of nitrogens with one attached hydrogen (secondary N) is 1. The van der Waals surface area contributed by atoms with Gasteiger partial charge in [-0.1, -0.05) is 0 Å². The molecule has 1 amide bonds. The van der Waals surface area contributed by atoms with Gasteiger partial charge in [-0.15, -0.1) is 0 Å². The van der Waals surface area contributed by atoms with Crippen molar-refractivity contribution in [3.05, 3.63) is 46.7 Å². The zero-order valence-corrected chi connectivity index (χ0v) is 18.5. The largest absolute Gasteiger partial charge is 0.482 e. The number of rotatable bonds is 3. The lowest BCUT2D eigenvalue weighted by Gasteiger charge is -2.26. The third-order valence-corrected chi connectivity index (χ3v) is 6.45. The summed E-state index contributed by atoms with van der Waals surface area (Å²) in [6, 6.07) is 10.0. The van der Waals surface area contributed by atoms with Crippen LogP contribution in [-0.4, -0.2) is 60.0 Å². The lowest BCUT2D eigenvalue weighted by molar-refractivity contribution is -0.120. The molecule has 4 heterocycles. The molecule has 1 fully saturated rings. The van der Waals surface area contributed by atoms with Crippen molar-refractivity contribution in [1.29, 1.82) is 0 Å². The maximum atomic E-state index is 12.1. The first-order chi connectivity index (χ1) is 14.6. The number of carbonyl (C=O) groups excluding carboxylic acids is 1. The molecule has 1 N–H and O–H groups in total. The Balaban J connectivity index is 1.62. The van der Waals surface area contributed by atoms with E-state index in [-0.39, 0.29) is 12.5 Å². The highest BCUT2D eigenvalue weighted by Crippen LogP contribution is 2.37. The Labute approximate surface area is 183 Å². The summed E-state index contributed by atoms with van der Waals surface area (Å²) < 4.78 is 8.73. The molecule has 7 nitrogen and oxygen atoms in total. The molecule has 156 valence electrons. The molecular weight excluding hydrogens is 446 g/mol. The van der Waals surface area contributed by atoms with Crippen molar-refractivity contribution < 1.29 is 9.53 Å². The summed E-state index contributed by atoms with van der Waals surface area (Å²) in [4.78, 5) is 21.2. The van der Waals surface area contributed by atoms with Gasteiger partial charge in [0.1, 0.15) is 5.75 Å². The van der Waals surface area contributed by atoms with Gasteiger partial charge in [0, 0.05) is 38.4 Å². The van der Waals surface area contributed by atoms with Gasteiger partial charge in [0.2, 0.25) is 0 Å². The fourth-order valence-corrected chi connectivity index (χ4v) is 4.59. The molecule has 0 atom stereocenters. The Morgan fingerprint density at radius 3 is 3.03 bits per heavy atom. The van der Waals surface area contributed by atoms with Gasteiger partial charge < -0.3 is 19.4 Å². The Kier molecular flexibility index (Phi) is 5.22. The fraction of sp³-hybridized carbons (Fsp3) is 0.364. The number of anilines is 1. The minimum Gasteiger partial charge on any atom is -0.482 e. The van der Waals surface area contributed by atoms with E-state index in [0.717, 1.165) is 77.7 Å². The topological polar surface area (TPSA) is 62.1 Å². The summed E-state index contributed by atoms with van der Waals surface area (Å²) in [6.07, 6.45) is 3.21. The number of imidazole rings is 1. The minimum atomic E-state index is -0.0466. The molecule has 1 saturated heterocycles. The van der Waals surface area contributed by atoms with Crippen molar-refractivity contribution in [2.75, 3.05) is 44.7 Å². The van der Waals surface area contributed by atoms with Crippen molar-refractivity contribution in [2.45, 2.75) is 13.0 Å². The summed E-state index contributed by atoms with van der Waals surface area (Å²) in [6.45, 7) is 5.03. The summed E-state index contributed by atoms with van der Waals surface area (Å²) >= 11 is 3.65. The molecule has 0 aliphatic carbocycles. The molecule has 2 aliphatic rings. The highest BCUT2D eigenvalue weighted by Gasteiger charge is 2.25. The predicted molar refractivity (Wildman–Crippen MR) is 120 cm³/mol. The molecule has 0 unspecified atom stereocenters. The SMILES string of the molecule is CN1C(=O)COc2ccc(-c3nc4c(Br)cccn4c3CN3CCCNCC3)cc21. The van der Waals surface area contributed by atoms with E-state index >= 15 is 0 Å². The molecule has 0 saturated carbocycles. The van der Waals surface area contributed by atoms with Crippen LogP contribution in [-0.2, 0) is 11.3 Å². The van der Waals surface area contributed by atoms with Crippen molar-refractivity contribution in [3.63, 3.8) is 0 Å². The van der Waals surface area contributed by atoms with E-state index < -0.39 is 0 Å². The van der Waals surface area contributed by atoms with Gasteiger partial charge in [0.15, 0.2) is 12.3 Å². The van der Waals surface area contributed by atoms with Crippen LogP contribution < -0.4 is 15.0 Å². The molecule has 8 heteroatoms. The number of benzene rings is 1. The number of amides is 1. The third kappa shape index (κ3) is 3.49. The van der Waals surface area contributed by atoms with Gasteiger partial charge >= 0.3 is 0 Å². The molecule has 1 aromatic carbocycles. The summed E-state index contributed by atoms with van der Waals surface area (Å²) in [5, 5.41) is 3.47. The zero-order valence-electron chi connectivity index (χ0n) is 16.9. The van der Waals surface area contributed by atoms with E-state index in [1.54, 1.807) is 11.9 Å². The number of hydrogen-bond acceptors (Lipinski definition) is 5. The first-order valence-electron chi connectivity index (χ1n) is 10.2. The maximum Gasteiger partial charge on any atom is 0.264 e. The van der Waals surface area contributed by atoms with E-state index in [9.17, 15) is 4.79 Å². The van der Waals surface area contributed by atoms with Crippen LogP contribution in [0.2, 0.25) is 0 Å². The van der Waals surface area contributed by atoms with Crippen LogP contribution in [0.1, 0.15) is 12.1 Å². The first kappa shape index (κ1) is 19.5. The molecule has 2 aliphatic heterocycles.